The van der Waals surface area contributed by atoms with Gasteiger partial charge in [-0.1, -0.05) is 18.7 Å². The first kappa shape index (κ1) is 17.9. The molecule has 3 heterocycles. The molecule has 11 heteroatoms. The summed E-state index contributed by atoms with van der Waals surface area (Å²) in [5, 5.41) is 9.29. The first-order chi connectivity index (χ1) is 11.8. The molecule has 0 amide bonds. The Balaban J connectivity index is 2.27. The summed E-state index contributed by atoms with van der Waals surface area (Å²) >= 11 is 0.992. The van der Waals surface area contributed by atoms with Crippen molar-refractivity contribution >= 4 is 39.7 Å². The molecule has 0 radical (unpaired) electrons. The van der Waals surface area contributed by atoms with Gasteiger partial charge in [-0.25, -0.2) is 9.78 Å². The van der Waals surface area contributed by atoms with Crippen LogP contribution in [0.2, 0.25) is 0 Å². The summed E-state index contributed by atoms with van der Waals surface area (Å²) in [7, 11) is 0.593. The van der Waals surface area contributed by atoms with Crippen LogP contribution in [0.3, 0.4) is 0 Å². The minimum absolute atomic E-state index is 0.178. The highest BCUT2D eigenvalue weighted by molar-refractivity contribution is 7.99. The summed E-state index contributed by atoms with van der Waals surface area (Å²) in [5.74, 6) is -0.432. The zero-order valence-corrected chi connectivity index (χ0v) is 15.4. The molecule has 0 unspecified atom stereocenters. The van der Waals surface area contributed by atoms with E-state index in [1.165, 1.54) is 16.2 Å². The molecule has 1 fully saturated rings. The van der Waals surface area contributed by atoms with Gasteiger partial charge < -0.3 is 9.67 Å². The van der Waals surface area contributed by atoms with E-state index in [-0.39, 0.29) is 23.0 Å². The van der Waals surface area contributed by atoms with E-state index in [4.69, 9.17) is 5.11 Å². The average Bonchev–Trinajstić information content (AvgIpc) is 2.91. The number of aryl methyl sites for hydroxylation is 1. The second-order valence-electron chi connectivity index (χ2n) is 5.84. The third kappa shape index (κ3) is 3.06. The zero-order valence-electron chi connectivity index (χ0n) is 13.8. The van der Waals surface area contributed by atoms with Gasteiger partial charge in [0.1, 0.15) is 0 Å². The smallest absolute Gasteiger partial charge is 0.332 e. The van der Waals surface area contributed by atoms with Crippen LogP contribution in [0.15, 0.2) is 14.7 Å². The van der Waals surface area contributed by atoms with Crippen LogP contribution in [0.4, 0.5) is 0 Å². The number of hydrogen-bond acceptors (Lipinski definition) is 6. The number of carbonyl (C=O) groups is 1. The summed E-state index contributed by atoms with van der Waals surface area (Å²) in [4.78, 5) is 40.5. The van der Waals surface area contributed by atoms with Gasteiger partial charge in [0.2, 0.25) is 0 Å². The van der Waals surface area contributed by atoms with E-state index in [9.17, 15) is 18.6 Å². The maximum absolute atomic E-state index is 12.9. The van der Waals surface area contributed by atoms with Crippen LogP contribution < -0.4 is 11.2 Å². The molecule has 1 aliphatic heterocycles. The minimum Gasteiger partial charge on any atom is -0.481 e. The van der Waals surface area contributed by atoms with Gasteiger partial charge in [0.25, 0.3) is 5.56 Å². The van der Waals surface area contributed by atoms with Crippen molar-refractivity contribution in [2.24, 2.45) is 7.05 Å². The lowest BCUT2D eigenvalue weighted by atomic mass is 10.3. The minimum atomic E-state index is -1.00. The van der Waals surface area contributed by atoms with Crippen molar-refractivity contribution in [1.29, 1.82) is 0 Å². The van der Waals surface area contributed by atoms with E-state index in [1.807, 2.05) is 6.92 Å². The van der Waals surface area contributed by atoms with Crippen molar-refractivity contribution < 1.29 is 14.1 Å². The first-order valence-electron chi connectivity index (χ1n) is 7.76. The van der Waals surface area contributed by atoms with E-state index in [0.717, 1.165) is 11.8 Å². The maximum atomic E-state index is 12.9. The van der Waals surface area contributed by atoms with Gasteiger partial charge in [-0.15, -0.1) is 0 Å². The van der Waals surface area contributed by atoms with Crippen molar-refractivity contribution in [2.75, 3.05) is 17.3 Å². The molecule has 1 N–H and O–H groups in total. The fraction of sp³-hybridized carbons (Fsp3) is 0.571. The highest BCUT2D eigenvalue weighted by Gasteiger charge is 2.33. The molecule has 0 spiro atoms. The second kappa shape index (κ2) is 6.79. The molecule has 0 aliphatic carbocycles. The van der Waals surface area contributed by atoms with Crippen LogP contribution in [0.1, 0.15) is 19.4 Å². The number of thioether (sulfide) groups is 1. The number of rotatable bonds is 6. The normalized spacial score (nSPS) is 19.9. The number of aliphatic carboxylic acids is 1. The van der Waals surface area contributed by atoms with Crippen LogP contribution in [0.5, 0.6) is 0 Å². The molecule has 2 aromatic rings. The summed E-state index contributed by atoms with van der Waals surface area (Å²) in [6.45, 7) is 2.16. The third-order valence-electron chi connectivity index (χ3n) is 4.04. The second-order valence-corrected chi connectivity index (χ2v) is 8.33. The lowest BCUT2D eigenvalue weighted by Crippen LogP contribution is -2.41. The average molecular weight is 386 g/mol. The van der Waals surface area contributed by atoms with Crippen molar-refractivity contribution in [3.8, 4) is 0 Å². The highest BCUT2D eigenvalue weighted by Crippen LogP contribution is 2.30. The van der Waals surface area contributed by atoms with Gasteiger partial charge in [-0.2, -0.15) is 0 Å². The predicted molar refractivity (Wildman–Crippen MR) is 94.8 cm³/mol. The fourth-order valence-electron chi connectivity index (χ4n) is 2.84. The fourth-order valence-corrected chi connectivity index (χ4v) is 4.68. The van der Waals surface area contributed by atoms with Crippen molar-refractivity contribution in [3.63, 3.8) is 0 Å². The Bertz CT molecular complexity index is 982. The van der Waals surface area contributed by atoms with Gasteiger partial charge in [0.15, 0.2) is 16.3 Å². The molecule has 0 bridgehead atoms. The van der Waals surface area contributed by atoms with E-state index >= 15 is 0 Å². The lowest BCUT2D eigenvalue weighted by Gasteiger charge is -2.27. The van der Waals surface area contributed by atoms with Gasteiger partial charge in [-0.05, 0) is 6.42 Å². The summed E-state index contributed by atoms with van der Waals surface area (Å²) in [6.07, 6.45) is 0.628. The quantitative estimate of drug-likeness (QED) is 0.683. The molecule has 0 aromatic carbocycles. The molecular weight excluding hydrogens is 368 g/mol. The SMILES string of the molecule is CCCn1c(=O)c2c(nc(SCC(=O)O)n2C2CS(=O)C2)n(C)c1=O. The van der Waals surface area contributed by atoms with E-state index in [0.29, 0.717) is 29.6 Å². The molecule has 9 nitrogen and oxygen atoms in total. The van der Waals surface area contributed by atoms with Crippen LogP contribution in [0.25, 0.3) is 11.2 Å². The maximum Gasteiger partial charge on any atom is 0.332 e. The molecule has 25 heavy (non-hydrogen) atoms. The Morgan fingerprint density at radius 1 is 1.40 bits per heavy atom. The van der Waals surface area contributed by atoms with E-state index in [1.54, 1.807) is 4.57 Å². The molecule has 0 saturated carbocycles. The van der Waals surface area contributed by atoms with Crippen LogP contribution in [-0.2, 0) is 29.2 Å². The Labute approximate surface area is 149 Å². The number of nitrogens with zero attached hydrogens (tertiary/aromatic N) is 4. The number of fused-ring (bicyclic) bond motifs is 1. The summed E-state index contributed by atoms with van der Waals surface area (Å²) in [5.41, 5.74) is -0.388. The van der Waals surface area contributed by atoms with Gasteiger partial charge in [0.05, 0.1) is 11.8 Å². The van der Waals surface area contributed by atoms with Crippen LogP contribution in [0, 0.1) is 0 Å². The predicted octanol–water partition coefficient (Wildman–Crippen LogP) is -0.213. The topological polar surface area (TPSA) is 116 Å². The lowest BCUT2D eigenvalue weighted by molar-refractivity contribution is -0.133. The number of imidazole rings is 1. The van der Waals surface area contributed by atoms with Gasteiger partial charge >= 0.3 is 11.7 Å². The first-order valence-corrected chi connectivity index (χ1v) is 10.2. The Kier molecular flexibility index (Phi) is 4.87. The molecule has 136 valence electrons. The number of carboxylic acid groups (broad SMARTS) is 1. The molecule has 2 aromatic heterocycles. The molecule has 3 rings (SSSR count). The Hall–Kier alpha value is -1.88. The Morgan fingerprint density at radius 3 is 2.64 bits per heavy atom. The summed E-state index contributed by atoms with van der Waals surface area (Å²) < 4.78 is 15.7. The van der Waals surface area contributed by atoms with Crippen molar-refractivity contribution in [2.45, 2.75) is 31.1 Å². The van der Waals surface area contributed by atoms with Gasteiger partial charge in [-0.3, -0.25) is 22.9 Å². The zero-order chi connectivity index (χ0) is 18.3. The molecular formula is C14H18N4O5S2. The number of aromatic nitrogens is 4. The van der Waals surface area contributed by atoms with E-state index in [2.05, 4.69) is 4.98 Å². The van der Waals surface area contributed by atoms with Gasteiger partial charge in [0, 0.05) is 35.9 Å². The van der Waals surface area contributed by atoms with Crippen molar-refractivity contribution in [1.82, 2.24) is 18.7 Å². The number of carboxylic acids is 1. The van der Waals surface area contributed by atoms with Crippen molar-refractivity contribution in [3.05, 3.63) is 20.8 Å². The van der Waals surface area contributed by atoms with E-state index < -0.39 is 28.0 Å². The molecule has 1 saturated heterocycles. The monoisotopic (exact) mass is 386 g/mol. The number of hydrogen-bond donors (Lipinski definition) is 1. The highest BCUT2D eigenvalue weighted by atomic mass is 32.2. The standard InChI is InChI=1S/C14H18N4O5S2/c1-3-4-17-12(21)10-11(16(2)14(17)22)15-13(24-5-9(19)20)18(10)8-6-25(23)7-8/h8H,3-7H2,1-2H3,(H,19,20). The van der Waals surface area contributed by atoms with Crippen LogP contribution in [-0.4, -0.2) is 51.2 Å². The Morgan fingerprint density at radius 2 is 2.08 bits per heavy atom. The third-order valence-corrected chi connectivity index (χ3v) is 6.49. The largest absolute Gasteiger partial charge is 0.481 e. The van der Waals surface area contributed by atoms with Crippen LogP contribution >= 0.6 is 11.8 Å². The molecule has 0 atom stereocenters. The molecule has 1 aliphatic rings. The summed E-state index contributed by atoms with van der Waals surface area (Å²) in [6, 6.07) is -0.178.